The summed E-state index contributed by atoms with van der Waals surface area (Å²) in [6.45, 7) is 0.579. The first-order chi connectivity index (χ1) is 18.9. The van der Waals surface area contributed by atoms with Crippen LogP contribution in [0.2, 0.25) is 0 Å². The van der Waals surface area contributed by atoms with E-state index in [4.69, 9.17) is 14.3 Å². The van der Waals surface area contributed by atoms with Crippen molar-refractivity contribution < 1.29 is 27.1 Å². The number of halogens is 4. The molecule has 39 heavy (non-hydrogen) atoms. The third-order valence-corrected chi connectivity index (χ3v) is 7.52. The summed E-state index contributed by atoms with van der Waals surface area (Å²) in [5.74, 6) is -2.08. The summed E-state index contributed by atoms with van der Waals surface area (Å²) in [5.41, 5.74) is 1.79. The molecule has 0 radical (unpaired) electrons. The second kappa shape index (κ2) is 10.4. The molecule has 200 valence electrons. The van der Waals surface area contributed by atoms with Crippen molar-refractivity contribution >= 4 is 34.0 Å². The number of benzene rings is 2. The van der Waals surface area contributed by atoms with Gasteiger partial charge in [-0.2, -0.15) is 5.10 Å². The van der Waals surface area contributed by atoms with E-state index in [0.717, 1.165) is 31.4 Å². The van der Waals surface area contributed by atoms with Crippen molar-refractivity contribution in [1.29, 1.82) is 0 Å². The molecule has 0 aliphatic carbocycles. The summed E-state index contributed by atoms with van der Waals surface area (Å²) in [6, 6.07) is 6.85. The van der Waals surface area contributed by atoms with E-state index in [2.05, 4.69) is 31.4 Å². The molecule has 1 saturated heterocycles. The molecular formula is C27H21BrF3N5O3. The van der Waals surface area contributed by atoms with E-state index < -0.39 is 23.6 Å². The van der Waals surface area contributed by atoms with Gasteiger partial charge in [-0.3, -0.25) is 4.79 Å². The van der Waals surface area contributed by atoms with Crippen LogP contribution in [-0.4, -0.2) is 32.5 Å². The van der Waals surface area contributed by atoms with Crippen LogP contribution in [-0.2, 0) is 11.2 Å². The third-order valence-electron chi connectivity index (χ3n) is 6.70. The van der Waals surface area contributed by atoms with Crippen LogP contribution < -0.4 is 5.32 Å². The Balaban J connectivity index is 1.34. The van der Waals surface area contributed by atoms with Crippen LogP contribution >= 0.6 is 15.9 Å². The number of aromatic nitrogens is 4. The van der Waals surface area contributed by atoms with Gasteiger partial charge in [-0.25, -0.2) is 17.9 Å². The Hall–Kier alpha value is -3.77. The van der Waals surface area contributed by atoms with Gasteiger partial charge in [0.1, 0.15) is 23.1 Å². The molecule has 2 aromatic carbocycles. The van der Waals surface area contributed by atoms with Crippen LogP contribution in [0.25, 0.3) is 23.6 Å². The summed E-state index contributed by atoms with van der Waals surface area (Å²) in [7, 11) is 0. The summed E-state index contributed by atoms with van der Waals surface area (Å²) in [4.78, 5) is 12.7. The van der Waals surface area contributed by atoms with Crippen molar-refractivity contribution in [2.45, 2.75) is 38.0 Å². The predicted octanol–water partition coefficient (Wildman–Crippen LogP) is 6.01. The maximum absolute atomic E-state index is 14.6. The molecule has 2 aromatic heterocycles. The van der Waals surface area contributed by atoms with Crippen LogP contribution in [0.15, 0.2) is 45.3 Å². The van der Waals surface area contributed by atoms with Gasteiger partial charge < -0.3 is 14.5 Å². The van der Waals surface area contributed by atoms with E-state index >= 15 is 0 Å². The van der Waals surface area contributed by atoms with Crippen LogP contribution in [0.4, 0.5) is 13.2 Å². The average molecular weight is 600 g/mol. The highest BCUT2D eigenvalue weighted by Gasteiger charge is 2.33. The molecule has 4 heterocycles. The summed E-state index contributed by atoms with van der Waals surface area (Å²) in [5, 5.41) is 15.7. The van der Waals surface area contributed by atoms with E-state index in [1.807, 2.05) is 0 Å². The lowest BCUT2D eigenvalue weighted by molar-refractivity contribution is -0.0401. The fourth-order valence-corrected chi connectivity index (χ4v) is 5.45. The van der Waals surface area contributed by atoms with E-state index in [0.29, 0.717) is 28.0 Å². The molecule has 1 fully saturated rings. The minimum Gasteiger partial charge on any atom is -0.417 e. The van der Waals surface area contributed by atoms with E-state index in [9.17, 15) is 18.0 Å². The van der Waals surface area contributed by atoms with Crippen molar-refractivity contribution in [1.82, 2.24) is 25.3 Å². The van der Waals surface area contributed by atoms with Gasteiger partial charge in [0, 0.05) is 41.9 Å². The van der Waals surface area contributed by atoms with Crippen LogP contribution in [0.5, 0.6) is 0 Å². The number of rotatable bonds is 5. The summed E-state index contributed by atoms with van der Waals surface area (Å²) >= 11 is 3.62. The maximum atomic E-state index is 14.6. The number of carbonyl (C=O) groups is 1. The smallest absolute Gasteiger partial charge is 0.252 e. The van der Waals surface area contributed by atoms with Crippen molar-refractivity contribution in [3.63, 3.8) is 0 Å². The Morgan fingerprint density at radius 3 is 2.64 bits per heavy atom. The number of nitrogens with zero attached hydrogens (tertiary/aromatic N) is 4. The van der Waals surface area contributed by atoms with E-state index in [-0.39, 0.29) is 41.4 Å². The Morgan fingerprint density at radius 1 is 1.05 bits per heavy atom. The third kappa shape index (κ3) is 5.01. The summed E-state index contributed by atoms with van der Waals surface area (Å²) in [6.07, 6.45) is 5.72. The summed E-state index contributed by atoms with van der Waals surface area (Å²) < 4.78 is 55.5. The highest BCUT2D eigenvalue weighted by molar-refractivity contribution is 9.10. The molecule has 12 heteroatoms. The number of hydrogen-bond donors (Lipinski definition) is 1. The Bertz CT molecular complexity index is 1580. The van der Waals surface area contributed by atoms with Gasteiger partial charge in [-0.1, -0.05) is 0 Å². The lowest BCUT2D eigenvalue weighted by Gasteiger charge is -2.25. The standard InChI is InChI=1S/C27H21BrF3N5O3/c28-24-21(8-9-22-33-34-27(39-22)14-4-6-15(29)7-5-14)36(23-3-1-2-10-38-23)35-25(24)20-13-17-18(26(37)32-20)11-16(30)12-19(17)31/h4-9,11-12,20,23H,1-3,10,13H2,(H,32,37)/b9-8+. The van der Waals surface area contributed by atoms with Gasteiger partial charge in [-0.15, -0.1) is 10.2 Å². The number of carbonyl (C=O) groups excluding carboxylic acids is 1. The molecule has 0 bridgehead atoms. The van der Waals surface area contributed by atoms with Gasteiger partial charge in [0.2, 0.25) is 11.8 Å². The average Bonchev–Trinajstić information content (AvgIpc) is 3.53. The first-order valence-electron chi connectivity index (χ1n) is 12.3. The van der Waals surface area contributed by atoms with E-state index in [1.54, 1.807) is 29.0 Å². The van der Waals surface area contributed by atoms with Crippen molar-refractivity contribution in [2.75, 3.05) is 6.61 Å². The predicted molar refractivity (Wildman–Crippen MR) is 138 cm³/mol. The molecule has 1 N–H and O–H groups in total. The van der Waals surface area contributed by atoms with Crippen LogP contribution in [0.3, 0.4) is 0 Å². The molecule has 2 atom stereocenters. The molecular weight excluding hydrogens is 579 g/mol. The second-order valence-electron chi connectivity index (χ2n) is 9.28. The Morgan fingerprint density at radius 2 is 1.87 bits per heavy atom. The minimum absolute atomic E-state index is 0.0246. The number of amides is 1. The van der Waals surface area contributed by atoms with Gasteiger partial charge in [0.05, 0.1) is 16.2 Å². The lowest BCUT2D eigenvalue weighted by Crippen LogP contribution is -2.36. The number of hydrogen-bond acceptors (Lipinski definition) is 6. The topological polar surface area (TPSA) is 95.1 Å². The molecule has 4 aromatic rings. The van der Waals surface area contributed by atoms with Crippen LogP contribution in [0, 0.1) is 17.5 Å². The van der Waals surface area contributed by atoms with E-state index in [1.165, 1.54) is 12.1 Å². The van der Waals surface area contributed by atoms with Gasteiger partial charge >= 0.3 is 0 Å². The van der Waals surface area contributed by atoms with Crippen LogP contribution in [0.1, 0.15) is 64.7 Å². The fraction of sp³-hybridized carbons (Fsp3) is 0.259. The second-order valence-corrected chi connectivity index (χ2v) is 10.1. The van der Waals surface area contributed by atoms with Gasteiger partial charge in [-0.05, 0) is 71.6 Å². The number of ether oxygens (including phenoxy) is 1. The zero-order chi connectivity index (χ0) is 27.1. The molecule has 2 aliphatic rings. The quantitative estimate of drug-likeness (QED) is 0.302. The molecule has 1 amide bonds. The van der Waals surface area contributed by atoms with Gasteiger partial charge in [0.15, 0.2) is 6.23 Å². The number of fused-ring (bicyclic) bond motifs is 1. The maximum Gasteiger partial charge on any atom is 0.252 e. The largest absolute Gasteiger partial charge is 0.417 e. The molecule has 6 rings (SSSR count). The Kier molecular flexibility index (Phi) is 6.81. The fourth-order valence-electron chi connectivity index (χ4n) is 4.78. The molecule has 0 spiro atoms. The monoisotopic (exact) mass is 599 g/mol. The molecule has 0 saturated carbocycles. The highest BCUT2D eigenvalue weighted by Crippen LogP contribution is 2.36. The lowest BCUT2D eigenvalue weighted by atomic mass is 9.93. The first-order valence-corrected chi connectivity index (χ1v) is 13.1. The highest BCUT2D eigenvalue weighted by atomic mass is 79.9. The zero-order valence-electron chi connectivity index (χ0n) is 20.3. The zero-order valence-corrected chi connectivity index (χ0v) is 21.9. The molecule has 2 aliphatic heterocycles. The SMILES string of the molecule is O=C1NC(c2nn(C3CCCCO3)c(/C=C/c3nnc(-c4ccc(F)cc4)o3)c2Br)Cc2c(F)cc(F)cc21. The van der Waals surface area contributed by atoms with Crippen molar-refractivity contribution in [3.05, 3.63) is 86.7 Å². The Labute approximate surface area is 229 Å². The van der Waals surface area contributed by atoms with Gasteiger partial charge in [0.25, 0.3) is 5.91 Å². The minimum atomic E-state index is -0.809. The molecule has 8 nitrogen and oxygen atoms in total. The molecule has 2 unspecified atom stereocenters. The first kappa shape index (κ1) is 25.5. The van der Waals surface area contributed by atoms with Crippen molar-refractivity contribution in [2.24, 2.45) is 0 Å². The normalized spacial score (nSPS) is 19.3. The number of nitrogens with one attached hydrogen (secondary N) is 1. The van der Waals surface area contributed by atoms with Crippen molar-refractivity contribution in [3.8, 4) is 11.5 Å².